The van der Waals surface area contributed by atoms with Crippen LogP contribution in [0.1, 0.15) is 12.5 Å². The highest BCUT2D eigenvalue weighted by molar-refractivity contribution is 5.73. The third-order valence-corrected chi connectivity index (χ3v) is 2.67. The molecular formula is C13H16F3NO3. The quantitative estimate of drug-likeness (QED) is 0.896. The van der Waals surface area contributed by atoms with E-state index >= 15 is 0 Å². The molecule has 1 saturated heterocycles. The lowest BCUT2D eigenvalue weighted by Gasteiger charge is -2.39. The first-order valence-electron chi connectivity index (χ1n) is 5.92. The monoisotopic (exact) mass is 291 g/mol. The second kappa shape index (κ2) is 6.71. The first kappa shape index (κ1) is 16.5. The van der Waals surface area contributed by atoms with Gasteiger partial charge in [-0.3, -0.25) is 0 Å². The van der Waals surface area contributed by atoms with Crippen molar-refractivity contribution in [1.29, 1.82) is 0 Å². The van der Waals surface area contributed by atoms with Crippen LogP contribution in [0.2, 0.25) is 0 Å². The van der Waals surface area contributed by atoms with Crippen molar-refractivity contribution in [2.24, 2.45) is 0 Å². The van der Waals surface area contributed by atoms with Crippen LogP contribution in [0.3, 0.4) is 0 Å². The minimum atomic E-state index is -5.08. The van der Waals surface area contributed by atoms with Crippen LogP contribution in [0, 0.1) is 0 Å². The van der Waals surface area contributed by atoms with E-state index in [1.54, 1.807) is 0 Å². The average Bonchev–Trinajstić information content (AvgIpc) is 2.35. The van der Waals surface area contributed by atoms with E-state index in [2.05, 4.69) is 24.4 Å². The molecule has 7 heteroatoms. The molecular weight excluding hydrogens is 275 g/mol. The number of rotatable bonds is 3. The second-order valence-electron chi connectivity index (χ2n) is 4.63. The number of hydrogen-bond donors (Lipinski definition) is 2. The number of alkyl halides is 3. The van der Waals surface area contributed by atoms with Crippen LogP contribution < -0.4 is 5.32 Å². The van der Waals surface area contributed by atoms with Gasteiger partial charge in [0.2, 0.25) is 0 Å². The smallest absolute Gasteiger partial charge is 0.475 e. The Kier molecular flexibility index (Phi) is 5.52. The van der Waals surface area contributed by atoms with Crippen molar-refractivity contribution in [3.63, 3.8) is 0 Å². The van der Waals surface area contributed by atoms with Gasteiger partial charge in [-0.25, -0.2) is 4.79 Å². The van der Waals surface area contributed by atoms with E-state index in [0.29, 0.717) is 0 Å². The number of carboxylic acid groups (broad SMARTS) is 1. The minimum Gasteiger partial charge on any atom is -0.475 e. The fraction of sp³-hybridized carbons (Fsp3) is 0.462. The number of benzene rings is 1. The van der Waals surface area contributed by atoms with Gasteiger partial charge in [0.25, 0.3) is 0 Å². The van der Waals surface area contributed by atoms with E-state index in [4.69, 9.17) is 14.6 Å². The van der Waals surface area contributed by atoms with Crippen LogP contribution in [-0.2, 0) is 16.1 Å². The van der Waals surface area contributed by atoms with Crippen molar-refractivity contribution < 1.29 is 27.8 Å². The average molecular weight is 291 g/mol. The number of ether oxygens (including phenoxy) is 1. The van der Waals surface area contributed by atoms with Gasteiger partial charge in [0.15, 0.2) is 0 Å². The van der Waals surface area contributed by atoms with Crippen LogP contribution in [0.5, 0.6) is 0 Å². The highest BCUT2D eigenvalue weighted by Gasteiger charge is 2.38. The minimum absolute atomic E-state index is 0.0653. The predicted octanol–water partition coefficient (Wildman–Crippen LogP) is 2.20. The second-order valence-corrected chi connectivity index (χ2v) is 4.63. The molecule has 2 N–H and O–H groups in total. The lowest BCUT2D eigenvalue weighted by molar-refractivity contribution is -0.192. The predicted molar refractivity (Wildman–Crippen MR) is 66.2 cm³/mol. The number of carbonyl (C=O) groups is 1. The van der Waals surface area contributed by atoms with Gasteiger partial charge in [-0.1, -0.05) is 30.3 Å². The largest absolute Gasteiger partial charge is 0.490 e. The Hall–Kier alpha value is -1.60. The molecule has 0 radical (unpaired) electrons. The van der Waals surface area contributed by atoms with Gasteiger partial charge in [-0.15, -0.1) is 0 Å². The van der Waals surface area contributed by atoms with Crippen LogP contribution in [0.25, 0.3) is 0 Å². The molecule has 0 atom stereocenters. The normalized spacial score (nSPS) is 16.6. The maximum Gasteiger partial charge on any atom is 0.490 e. The van der Waals surface area contributed by atoms with Gasteiger partial charge in [-0.2, -0.15) is 13.2 Å². The molecule has 1 heterocycles. The fourth-order valence-electron chi connectivity index (χ4n) is 1.41. The fourth-order valence-corrected chi connectivity index (χ4v) is 1.41. The Morgan fingerprint density at radius 3 is 2.20 bits per heavy atom. The number of hydrogen-bond acceptors (Lipinski definition) is 3. The molecule has 0 aliphatic carbocycles. The van der Waals surface area contributed by atoms with Gasteiger partial charge in [-0.05, 0) is 12.5 Å². The molecule has 20 heavy (non-hydrogen) atoms. The van der Waals surface area contributed by atoms with Crippen molar-refractivity contribution in [2.75, 3.05) is 13.1 Å². The lowest BCUT2D eigenvalue weighted by Crippen LogP contribution is -2.58. The van der Waals surface area contributed by atoms with Crippen LogP contribution >= 0.6 is 0 Å². The van der Waals surface area contributed by atoms with Gasteiger partial charge in [0, 0.05) is 13.1 Å². The number of aliphatic carboxylic acids is 1. The number of halogens is 3. The Labute approximate surface area is 114 Å². The lowest BCUT2D eigenvalue weighted by atomic mass is 10.00. The summed E-state index contributed by atoms with van der Waals surface area (Å²) in [7, 11) is 0. The van der Waals surface area contributed by atoms with E-state index in [-0.39, 0.29) is 5.60 Å². The first-order valence-corrected chi connectivity index (χ1v) is 5.92. The molecule has 0 unspecified atom stereocenters. The van der Waals surface area contributed by atoms with Crippen molar-refractivity contribution in [3.05, 3.63) is 35.9 Å². The highest BCUT2D eigenvalue weighted by Crippen LogP contribution is 2.17. The Bertz CT molecular complexity index is 430. The summed E-state index contributed by atoms with van der Waals surface area (Å²) in [5.41, 5.74) is 1.31. The Morgan fingerprint density at radius 2 is 1.85 bits per heavy atom. The maximum absolute atomic E-state index is 10.6. The third kappa shape index (κ3) is 5.58. The molecule has 0 aromatic heterocycles. The maximum atomic E-state index is 10.6. The molecule has 0 spiro atoms. The zero-order chi connectivity index (χ0) is 15.2. The molecule has 1 aromatic rings. The third-order valence-electron chi connectivity index (χ3n) is 2.67. The zero-order valence-electron chi connectivity index (χ0n) is 10.9. The van der Waals surface area contributed by atoms with Crippen molar-refractivity contribution in [1.82, 2.24) is 5.32 Å². The summed E-state index contributed by atoms with van der Waals surface area (Å²) in [5, 5.41) is 10.3. The summed E-state index contributed by atoms with van der Waals surface area (Å²) in [4.78, 5) is 8.90. The summed E-state index contributed by atoms with van der Waals surface area (Å²) in [6, 6.07) is 10.3. The van der Waals surface area contributed by atoms with Crippen LogP contribution in [0.4, 0.5) is 13.2 Å². The van der Waals surface area contributed by atoms with E-state index in [0.717, 1.165) is 19.7 Å². The Balaban J connectivity index is 0.000000246. The molecule has 0 bridgehead atoms. The summed E-state index contributed by atoms with van der Waals surface area (Å²) < 4.78 is 37.5. The molecule has 0 saturated carbocycles. The van der Waals surface area contributed by atoms with E-state index in [1.807, 2.05) is 18.2 Å². The topological polar surface area (TPSA) is 58.6 Å². The molecule has 1 fully saturated rings. The zero-order valence-corrected chi connectivity index (χ0v) is 10.9. The SMILES string of the molecule is CC1(OCc2ccccc2)CNC1.O=C(O)C(F)(F)F. The van der Waals surface area contributed by atoms with E-state index in [9.17, 15) is 13.2 Å². The number of carboxylic acids is 1. The molecule has 1 aromatic carbocycles. The van der Waals surface area contributed by atoms with Gasteiger partial charge in [0.05, 0.1) is 12.2 Å². The van der Waals surface area contributed by atoms with Gasteiger partial charge < -0.3 is 15.2 Å². The number of nitrogens with one attached hydrogen (secondary N) is 1. The molecule has 1 aliphatic rings. The van der Waals surface area contributed by atoms with Crippen molar-refractivity contribution in [2.45, 2.75) is 25.3 Å². The van der Waals surface area contributed by atoms with Crippen LogP contribution in [-0.4, -0.2) is 35.9 Å². The standard InChI is InChI=1S/C11H15NO.C2HF3O2/c1-11(8-12-9-11)13-7-10-5-3-2-4-6-10;3-2(4,5)1(6)7/h2-6,12H,7-9H2,1H3;(H,6,7). The summed E-state index contributed by atoms with van der Waals surface area (Å²) in [6.45, 7) is 4.81. The Morgan fingerprint density at radius 1 is 1.35 bits per heavy atom. The molecule has 4 nitrogen and oxygen atoms in total. The van der Waals surface area contributed by atoms with Gasteiger partial charge in [0.1, 0.15) is 0 Å². The first-order chi connectivity index (χ1) is 9.23. The van der Waals surface area contributed by atoms with Gasteiger partial charge >= 0.3 is 12.1 Å². The van der Waals surface area contributed by atoms with Crippen LogP contribution in [0.15, 0.2) is 30.3 Å². The molecule has 1 aliphatic heterocycles. The van der Waals surface area contributed by atoms with Crippen molar-refractivity contribution in [3.8, 4) is 0 Å². The van der Waals surface area contributed by atoms with E-state index < -0.39 is 12.1 Å². The molecule has 112 valence electrons. The highest BCUT2D eigenvalue weighted by atomic mass is 19.4. The molecule has 2 rings (SSSR count). The summed E-state index contributed by atoms with van der Waals surface area (Å²) >= 11 is 0. The molecule has 0 amide bonds. The van der Waals surface area contributed by atoms with E-state index in [1.165, 1.54) is 5.56 Å². The summed E-state index contributed by atoms with van der Waals surface area (Å²) in [6.07, 6.45) is -5.08. The van der Waals surface area contributed by atoms with Crippen molar-refractivity contribution >= 4 is 5.97 Å². The summed E-state index contributed by atoms with van der Waals surface area (Å²) in [5.74, 6) is -2.76.